The number of ketones is 1. The van der Waals surface area contributed by atoms with E-state index in [2.05, 4.69) is 11.4 Å². The summed E-state index contributed by atoms with van der Waals surface area (Å²) in [5.74, 6) is 0.140. The van der Waals surface area contributed by atoms with Crippen molar-refractivity contribution in [2.75, 3.05) is 11.9 Å². The molecule has 0 unspecified atom stereocenters. The van der Waals surface area contributed by atoms with Gasteiger partial charge in [0.1, 0.15) is 0 Å². The Morgan fingerprint density at radius 1 is 1.50 bits per heavy atom. The molecule has 2 nitrogen and oxygen atoms in total. The molecule has 0 amide bonds. The first-order valence-electron chi connectivity index (χ1n) is 4.16. The van der Waals surface area contributed by atoms with Crippen LogP contribution < -0.4 is 5.32 Å². The van der Waals surface area contributed by atoms with Crippen molar-refractivity contribution in [2.45, 2.75) is 13.3 Å². The van der Waals surface area contributed by atoms with Crippen LogP contribution in [0.3, 0.4) is 0 Å². The number of carbonyl (C=O) groups is 1. The molecule has 0 spiro atoms. The molecule has 2 heteroatoms. The smallest absolute Gasteiger partial charge is 0.161 e. The van der Waals surface area contributed by atoms with Gasteiger partial charge in [-0.3, -0.25) is 4.79 Å². The number of para-hydroxylation sites is 1. The number of nitrogens with one attached hydrogen (secondary N) is 1. The fourth-order valence-electron chi connectivity index (χ4n) is 1.63. The van der Waals surface area contributed by atoms with Gasteiger partial charge in [-0.1, -0.05) is 12.1 Å². The molecule has 0 saturated carbocycles. The Morgan fingerprint density at radius 3 is 3.08 bits per heavy atom. The van der Waals surface area contributed by atoms with E-state index in [0.29, 0.717) is 0 Å². The molecular formula is C10H11NO. The quantitative estimate of drug-likeness (QED) is 0.637. The lowest BCUT2D eigenvalue weighted by atomic mass is 10.1. The van der Waals surface area contributed by atoms with Crippen molar-refractivity contribution < 1.29 is 4.79 Å². The van der Waals surface area contributed by atoms with E-state index in [9.17, 15) is 4.79 Å². The van der Waals surface area contributed by atoms with Gasteiger partial charge < -0.3 is 5.32 Å². The molecule has 1 aliphatic heterocycles. The van der Waals surface area contributed by atoms with E-state index >= 15 is 0 Å². The average Bonchev–Trinajstić information content (AvgIpc) is 2.49. The number of fused-ring (bicyclic) bond motifs is 1. The van der Waals surface area contributed by atoms with E-state index in [0.717, 1.165) is 24.2 Å². The molecular weight excluding hydrogens is 150 g/mol. The summed E-state index contributed by atoms with van der Waals surface area (Å²) in [7, 11) is 0. The van der Waals surface area contributed by atoms with Crippen LogP contribution in [-0.4, -0.2) is 12.3 Å². The Kier molecular flexibility index (Phi) is 1.61. The lowest BCUT2D eigenvalue weighted by Crippen LogP contribution is -1.99. The van der Waals surface area contributed by atoms with Crippen LogP contribution in [0.5, 0.6) is 0 Å². The Morgan fingerprint density at radius 2 is 2.33 bits per heavy atom. The van der Waals surface area contributed by atoms with Crippen molar-refractivity contribution >= 4 is 11.5 Å². The molecule has 62 valence electrons. The molecule has 1 aromatic rings. The van der Waals surface area contributed by atoms with Gasteiger partial charge in [-0.25, -0.2) is 0 Å². The molecule has 0 aliphatic carbocycles. The third-order valence-corrected chi connectivity index (χ3v) is 2.23. The van der Waals surface area contributed by atoms with E-state index in [1.165, 1.54) is 5.56 Å². The zero-order valence-corrected chi connectivity index (χ0v) is 7.05. The van der Waals surface area contributed by atoms with Crippen molar-refractivity contribution in [1.29, 1.82) is 0 Å². The molecule has 0 radical (unpaired) electrons. The van der Waals surface area contributed by atoms with E-state index in [1.54, 1.807) is 6.92 Å². The third-order valence-electron chi connectivity index (χ3n) is 2.23. The number of hydrogen-bond donors (Lipinski definition) is 1. The van der Waals surface area contributed by atoms with Crippen LogP contribution in [0, 0.1) is 0 Å². The summed E-state index contributed by atoms with van der Waals surface area (Å²) in [6.07, 6.45) is 1.04. The summed E-state index contributed by atoms with van der Waals surface area (Å²) >= 11 is 0. The fourth-order valence-corrected chi connectivity index (χ4v) is 1.63. The highest BCUT2D eigenvalue weighted by Gasteiger charge is 2.15. The molecule has 0 atom stereocenters. The predicted octanol–water partition coefficient (Wildman–Crippen LogP) is 1.86. The van der Waals surface area contributed by atoms with E-state index in [4.69, 9.17) is 0 Å². The second kappa shape index (κ2) is 2.63. The zero-order valence-electron chi connectivity index (χ0n) is 7.05. The molecule has 0 aromatic heterocycles. The Bertz CT molecular complexity index is 331. The van der Waals surface area contributed by atoms with Gasteiger partial charge in [0.25, 0.3) is 0 Å². The van der Waals surface area contributed by atoms with Crippen LogP contribution in [0.25, 0.3) is 0 Å². The highest BCUT2D eigenvalue weighted by atomic mass is 16.1. The number of carbonyl (C=O) groups excluding carboxylic acids is 1. The lowest BCUT2D eigenvalue weighted by molar-refractivity contribution is 0.101. The molecule has 1 N–H and O–H groups in total. The first-order valence-corrected chi connectivity index (χ1v) is 4.16. The lowest BCUT2D eigenvalue weighted by Gasteiger charge is -2.04. The van der Waals surface area contributed by atoms with E-state index in [-0.39, 0.29) is 5.78 Å². The first kappa shape index (κ1) is 7.35. The van der Waals surface area contributed by atoms with Crippen LogP contribution in [0.4, 0.5) is 5.69 Å². The second-order valence-electron chi connectivity index (χ2n) is 3.07. The summed E-state index contributed by atoms with van der Waals surface area (Å²) in [5.41, 5.74) is 3.14. The number of benzene rings is 1. The van der Waals surface area contributed by atoms with Crippen LogP contribution in [-0.2, 0) is 6.42 Å². The number of rotatable bonds is 1. The van der Waals surface area contributed by atoms with Gasteiger partial charge in [0.2, 0.25) is 0 Å². The van der Waals surface area contributed by atoms with Crippen molar-refractivity contribution in [3.05, 3.63) is 29.3 Å². The summed E-state index contributed by atoms with van der Waals surface area (Å²) in [5, 5.41) is 3.23. The Hall–Kier alpha value is -1.31. The second-order valence-corrected chi connectivity index (χ2v) is 3.07. The molecule has 1 aliphatic rings. The number of hydrogen-bond acceptors (Lipinski definition) is 2. The molecule has 1 aromatic carbocycles. The van der Waals surface area contributed by atoms with E-state index in [1.807, 2.05) is 12.1 Å². The topological polar surface area (TPSA) is 29.1 Å². The molecule has 0 bridgehead atoms. The largest absolute Gasteiger partial charge is 0.384 e. The molecule has 0 saturated heterocycles. The summed E-state index contributed by atoms with van der Waals surface area (Å²) in [6.45, 7) is 2.56. The van der Waals surface area contributed by atoms with Gasteiger partial charge in [0.05, 0.1) is 0 Å². The minimum atomic E-state index is 0.140. The van der Waals surface area contributed by atoms with Crippen molar-refractivity contribution in [1.82, 2.24) is 0 Å². The Labute approximate surface area is 71.6 Å². The third kappa shape index (κ3) is 0.998. The van der Waals surface area contributed by atoms with Crippen molar-refractivity contribution in [3.63, 3.8) is 0 Å². The van der Waals surface area contributed by atoms with Gasteiger partial charge >= 0.3 is 0 Å². The molecule has 12 heavy (non-hydrogen) atoms. The Balaban J connectivity index is 2.56. The van der Waals surface area contributed by atoms with Crippen LogP contribution in [0.2, 0.25) is 0 Å². The van der Waals surface area contributed by atoms with Crippen LogP contribution in [0.1, 0.15) is 22.8 Å². The summed E-state index contributed by atoms with van der Waals surface area (Å²) in [4.78, 5) is 11.2. The highest BCUT2D eigenvalue weighted by molar-refractivity contribution is 6.00. The maximum Gasteiger partial charge on any atom is 0.161 e. The molecule has 1 heterocycles. The summed E-state index contributed by atoms with van der Waals surface area (Å²) in [6, 6.07) is 5.89. The zero-order chi connectivity index (χ0) is 8.55. The van der Waals surface area contributed by atoms with Gasteiger partial charge in [-0.05, 0) is 25.0 Å². The summed E-state index contributed by atoms with van der Waals surface area (Å²) < 4.78 is 0. The van der Waals surface area contributed by atoms with Gasteiger partial charge in [-0.2, -0.15) is 0 Å². The fraction of sp³-hybridized carbons (Fsp3) is 0.300. The number of anilines is 1. The minimum absolute atomic E-state index is 0.140. The van der Waals surface area contributed by atoms with Gasteiger partial charge in [0.15, 0.2) is 5.78 Å². The van der Waals surface area contributed by atoms with Crippen LogP contribution in [0.15, 0.2) is 18.2 Å². The predicted molar refractivity (Wildman–Crippen MR) is 48.6 cm³/mol. The van der Waals surface area contributed by atoms with Crippen molar-refractivity contribution in [2.24, 2.45) is 0 Å². The average molecular weight is 161 g/mol. The molecule has 0 fully saturated rings. The van der Waals surface area contributed by atoms with E-state index < -0.39 is 0 Å². The molecule has 2 rings (SSSR count). The first-order chi connectivity index (χ1) is 5.79. The van der Waals surface area contributed by atoms with Gasteiger partial charge in [-0.15, -0.1) is 0 Å². The van der Waals surface area contributed by atoms with Crippen molar-refractivity contribution in [3.8, 4) is 0 Å². The standard InChI is InChI=1S/C10H11NO/c1-7(12)9-4-2-3-8-5-6-11-10(8)9/h2-4,11H,5-6H2,1H3. The highest BCUT2D eigenvalue weighted by Crippen LogP contribution is 2.26. The monoisotopic (exact) mass is 161 g/mol. The van der Waals surface area contributed by atoms with Crippen LogP contribution >= 0.6 is 0 Å². The normalized spacial score (nSPS) is 13.8. The maximum atomic E-state index is 11.2. The van der Waals surface area contributed by atoms with Gasteiger partial charge in [0, 0.05) is 17.8 Å². The maximum absolute atomic E-state index is 11.2. The SMILES string of the molecule is CC(=O)c1cccc2c1NCC2. The minimum Gasteiger partial charge on any atom is -0.384 e. The number of Topliss-reactive ketones (excluding diaryl/α,β-unsaturated/α-hetero) is 1.